The van der Waals surface area contributed by atoms with Gasteiger partial charge in [0.1, 0.15) is 5.82 Å². The van der Waals surface area contributed by atoms with Gasteiger partial charge in [-0.3, -0.25) is 0 Å². The van der Waals surface area contributed by atoms with Crippen molar-refractivity contribution in [2.75, 3.05) is 5.75 Å². The number of rotatable bonds is 4. The molecule has 0 aliphatic carbocycles. The molecule has 3 N–H and O–H groups in total. The predicted octanol–water partition coefficient (Wildman–Crippen LogP) is 0.0176. The molecular weight excluding hydrogens is 221 g/mol. The highest BCUT2D eigenvalue weighted by atomic mass is 32.2. The predicted molar refractivity (Wildman–Crippen MR) is 54.1 cm³/mol. The maximum absolute atomic E-state index is 12.5. The molecule has 15 heavy (non-hydrogen) atoms. The van der Waals surface area contributed by atoms with Crippen LogP contribution in [0.5, 0.6) is 0 Å². The van der Waals surface area contributed by atoms with E-state index in [1.807, 2.05) is 0 Å². The minimum Gasteiger partial charge on any atom is -0.392 e. The van der Waals surface area contributed by atoms with Gasteiger partial charge in [0.05, 0.1) is 11.9 Å². The number of sulfonamides is 1. The van der Waals surface area contributed by atoms with Crippen LogP contribution in [0.4, 0.5) is 4.39 Å². The van der Waals surface area contributed by atoms with Crippen molar-refractivity contribution in [1.82, 2.24) is 0 Å². The Bertz CT molecular complexity index is 415. The first-order valence-electron chi connectivity index (χ1n) is 4.30. The number of aliphatic hydroxyl groups excluding tert-OH is 1. The maximum atomic E-state index is 12.5. The van der Waals surface area contributed by atoms with Crippen molar-refractivity contribution in [1.29, 1.82) is 0 Å². The number of hydrogen-bond donors (Lipinski definition) is 2. The summed E-state index contributed by atoms with van der Waals surface area (Å²) in [6.07, 6.45) is -0.929. The van der Waals surface area contributed by atoms with Gasteiger partial charge in [-0.25, -0.2) is 17.9 Å². The lowest BCUT2D eigenvalue weighted by Crippen LogP contribution is -2.28. The first-order valence-corrected chi connectivity index (χ1v) is 6.01. The Hall–Kier alpha value is -0.980. The van der Waals surface area contributed by atoms with Gasteiger partial charge in [-0.2, -0.15) is 0 Å². The van der Waals surface area contributed by atoms with Crippen LogP contribution in [0.25, 0.3) is 0 Å². The molecule has 0 saturated heterocycles. The van der Waals surface area contributed by atoms with Crippen molar-refractivity contribution in [2.24, 2.45) is 5.14 Å². The number of aliphatic hydroxyl groups is 1. The van der Waals surface area contributed by atoms with E-state index >= 15 is 0 Å². The Balaban J connectivity index is 2.59. The molecule has 0 radical (unpaired) electrons. The summed E-state index contributed by atoms with van der Waals surface area (Å²) in [5, 5.41) is 14.1. The Morgan fingerprint density at radius 3 is 2.33 bits per heavy atom. The molecule has 0 heterocycles. The second-order valence-corrected chi connectivity index (χ2v) is 4.97. The van der Waals surface area contributed by atoms with Gasteiger partial charge in [-0.1, -0.05) is 12.1 Å². The second-order valence-electron chi connectivity index (χ2n) is 3.31. The van der Waals surface area contributed by atoms with E-state index in [0.29, 0.717) is 5.56 Å². The van der Waals surface area contributed by atoms with E-state index in [1.165, 1.54) is 24.3 Å². The number of benzene rings is 1. The molecule has 1 aromatic rings. The largest absolute Gasteiger partial charge is 0.392 e. The van der Waals surface area contributed by atoms with E-state index < -0.39 is 21.9 Å². The second kappa shape index (κ2) is 4.69. The van der Waals surface area contributed by atoms with E-state index in [0.717, 1.165) is 0 Å². The van der Waals surface area contributed by atoms with Gasteiger partial charge in [0.15, 0.2) is 0 Å². The molecule has 0 saturated carbocycles. The Labute approximate surface area is 87.6 Å². The van der Waals surface area contributed by atoms with Crippen LogP contribution in [0.2, 0.25) is 0 Å². The summed E-state index contributed by atoms with van der Waals surface area (Å²) in [4.78, 5) is 0. The molecule has 0 amide bonds. The number of halogens is 1. The van der Waals surface area contributed by atoms with Crippen LogP contribution in [-0.2, 0) is 16.4 Å². The zero-order valence-corrected chi connectivity index (χ0v) is 8.74. The van der Waals surface area contributed by atoms with Gasteiger partial charge in [0.2, 0.25) is 10.0 Å². The van der Waals surface area contributed by atoms with Crippen molar-refractivity contribution in [3.05, 3.63) is 35.6 Å². The molecular formula is C9H12FNO3S. The smallest absolute Gasteiger partial charge is 0.211 e. The van der Waals surface area contributed by atoms with E-state index in [-0.39, 0.29) is 12.2 Å². The highest BCUT2D eigenvalue weighted by Crippen LogP contribution is 2.06. The van der Waals surface area contributed by atoms with Crippen molar-refractivity contribution < 1.29 is 17.9 Å². The topological polar surface area (TPSA) is 80.4 Å². The molecule has 6 heteroatoms. The molecule has 0 aromatic heterocycles. The summed E-state index contributed by atoms with van der Waals surface area (Å²) in [5.74, 6) is -0.871. The number of primary sulfonamides is 1. The van der Waals surface area contributed by atoms with Gasteiger partial charge in [0.25, 0.3) is 0 Å². The molecule has 0 bridgehead atoms. The van der Waals surface area contributed by atoms with Gasteiger partial charge < -0.3 is 5.11 Å². The SMILES string of the molecule is NS(=O)(=O)CC(O)Cc1ccc(F)cc1. The molecule has 1 atom stereocenters. The van der Waals surface area contributed by atoms with Crippen LogP contribution >= 0.6 is 0 Å². The highest BCUT2D eigenvalue weighted by Gasteiger charge is 2.13. The minimum absolute atomic E-state index is 0.136. The van der Waals surface area contributed by atoms with Crippen LogP contribution < -0.4 is 5.14 Å². The molecule has 0 spiro atoms. The number of nitrogens with two attached hydrogens (primary N) is 1. The monoisotopic (exact) mass is 233 g/mol. The quantitative estimate of drug-likeness (QED) is 0.769. The fraction of sp³-hybridized carbons (Fsp3) is 0.333. The van der Waals surface area contributed by atoms with Gasteiger partial charge in [-0.15, -0.1) is 0 Å². The van der Waals surface area contributed by atoms with Gasteiger partial charge >= 0.3 is 0 Å². The fourth-order valence-corrected chi connectivity index (χ4v) is 1.87. The van der Waals surface area contributed by atoms with Crippen molar-refractivity contribution in [2.45, 2.75) is 12.5 Å². The molecule has 84 valence electrons. The summed E-state index contributed by atoms with van der Waals surface area (Å²) >= 11 is 0. The van der Waals surface area contributed by atoms with Crippen molar-refractivity contribution in [3.8, 4) is 0 Å². The molecule has 1 aromatic carbocycles. The van der Waals surface area contributed by atoms with E-state index in [9.17, 15) is 17.9 Å². The summed E-state index contributed by atoms with van der Waals surface area (Å²) < 4.78 is 33.8. The van der Waals surface area contributed by atoms with Gasteiger partial charge in [-0.05, 0) is 24.1 Å². The lowest BCUT2D eigenvalue weighted by molar-refractivity contribution is 0.198. The first kappa shape index (κ1) is 12.1. The van der Waals surface area contributed by atoms with Crippen molar-refractivity contribution >= 4 is 10.0 Å². The standard InChI is InChI=1S/C9H12FNO3S/c10-8-3-1-7(2-4-8)5-9(12)6-15(11,13)14/h1-4,9,12H,5-6H2,(H2,11,13,14). The van der Waals surface area contributed by atoms with Gasteiger partial charge in [0, 0.05) is 0 Å². The zero-order chi connectivity index (χ0) is 11.5. The summed E-state index contributed by atoms with van der Waals surface area (Å²) in [6.45, 7) is 0. The Kier molecular flexibility index (Phi) is 3.78. The molecule has 4 nitrogen and oxygen atoms in total. The minimum atomic E-state index is -3.68. The highest BCUT2D eigenvalue weighted by molar-refractivity contribution is 7.89. The molecule has 0 aliphatic rings. The Morgan fingerprint density at radius 1 is 1.33 bits per heavy atom. The molecule has 0 aliphatic heterocycles. The summed E-state index contributed by atoms with van der Waals surface area (Å²) in [5.41, 5.74) is 0.660. The lowest BCUT2D eigenvalue weighted by atomic mass is 10.1. The van der Waals surface area contributed by atoms with Crippen molar-refractivity contribution in [3.63, 3.8) is 0 Å². The zero-order valence-electron chi connectivity index (χ0n) is 7.93. The first-order chi connectivity index (χ1) is 6.87. The third-order valence-electron chi connectivity index (χ3n) is 1.81. The lowest BCUT2D eigenvalue weighted by Gasteiger charge is -2.08. The average molecular weight is 233 g/mol. The third-order valence-corrected chi connectivity index (χ3v) is 2.66. The number of hydrogen-bond acceptors (Lipinski definition) is 3. The third kappa shape index (κ3) is 4.87. The fourth-order valence-electron chi connectivity index (χ4n) is 1.22. The summed E-state index contributed by atoms with van der Waals surface area (Å²) in [6, 6.07) is 5.47. The normalized spacial score (nSPS) is 13.8. The molecule has 1 rings (SSSR count). The summed E-state index contributed by atoms with van der Waals surface area (Å²) in [7, 11) is -3.68. The van der Waals surface area contributed by atoms with Crippen LogP contribution in [0.3, 0.4) is 0 Å². The van der Waals surface area contributed by atoms with Crippen LogP contribution in [0.1, 0.15) is 5.56 Å². The molecule has 1 unspecified atom stereocenters. The van der Waals surface area contributed by atoms with Crippen LogP contribution in [0, 0.1) is 5.82 Å². The van der Waals surface area contributed by atoms with Crippen LogP contribution in [0.15, 0.2) is 24.3 Å². The Morgan fingerprint density at radius 2 is 1.87 bits per heavy atom. The molecule has 0 fully saturated rings. The van der Waals surface area contributed by atoms with E-state index in [2.05, 4.69) is 0 Å². The van der Waals surface area contributed by atoms with E-state index in [4.69, 9.17) is 5.14 Å². The van der Waals surface area contributed by atoms with E-state index in [1.54, 1.807) is 0 Å². The van der Waals surface area contributed by atoms with Crippen LogP contribution in [-0.4, -0.2) is 25.4 Å². The maximum Gasteiger partial charge on any atom is 0.211 e. The average Bonchev–Trinajstić information content (AvgIpc) is 2.05.